The number of ether oxygens (including phenoxy) is 1. The molecule has 1 amide bonds. The van der Waals surface area contributed by atoms with E-state index in [1.807, 2.05) is 61.8 Å². The Morgan fingerprint density at radius 2 is 1.68 bits per heavy atom. The molecule has 38 heavy (non-hydrogen) atoms. The first kappa shape index (κ1) is 25.5. The standard InChI is InChI=1S/C30H33N5O3/c1-5-38-30(37)25-16-22(10-11-27(25)35-14-12-34(4)13-15-35)23-17-24-26(19-32-28(24)31-18-23)20-6-8-21(9-7-20)29(36)33(2)3/h6-11,16-19H,5,12-15H2,1-4H3,(H,31,32). The Bertz CT molecular complexity index is 1470. The van der Waals surface area contributed by atoms with Gasteiger partial charge in [-0.2, -0.15) is 0 Å². The molecule has 0 radical (unpaired) electrons. The minimum Gasteiger partial charge on any atom is -0.462 e. The Morgan fingerprint density at radius 3 is 2.37 bits per heavy atom. The van der Waals surface area contributed by atoms with Crippen LogP contribution in [0.1, 0.15) is 27.6 Å². The van der Waals surface area contributed by atoms with Crippen molar-refractivity contribution in [2.24, 2.45) is 0 Å². The molecule has 0 aliphatic carbocycles. The molecule has 1 aliphatic rings. The van der Waals surface area contributed by atoms with Crippen LogP contribution in [0, 0.1) is 0 Å². The van der Waals surface area contributed by atoms with E-state index in [1.165, 1.54) is 0 Å². The number of anilines is 1. The summed E-state index contributed by atoms with van der Waals surface area (Å²) in [4.78, 5) is 39.3. The highest BCUT2D eigenvalue weighted by molar-refractivity contribution is 6.00. The van der Waals surface area contributed by atoms with Crippen molar-refractivity contribution in [3.63, 3.8) is 0 Å². The van der Waals surface area contributed by atoms with E-state index in [2.05, 4.69) is 32.9 Å². The van der Waals surface area contributed by atoms with Gasteiger partial charge in [0.25, 0.3) is 5.91 Å². The first-order valence-electron chi connectivity index (χ1n) is 12.9. The van der Waals surface area contributed by atoms with Crippen LogP contribution in [0.25, 0.3) is 33.3 Å². The predicted molar refractivity (Wildman–Crippen MR) is 151 cm³/mol. The molecule has 0 bridgehead atoms. The first-order valence-corrected chi connectivity index (χ1v) is 12.9. The number of fused-ring (bicyclic) bond motifs is 1. The number of nitrogens with one attached hydrogen (secondary N) is 1. The molecular formula is C30H33N5O3. The lowest BCUT2D eigenvalue weighted by Crippen LogP contribution is -2.45. The minimum atomic E-state index is -0.313. The second-order valence-corrected chi connectivity index (χ2v) is 9.84. The van der Waals surface area contributed by atoms with Crippen molar-refractivity contribution >= 4 is 28.6 Å². The molecule has 1 fully saturated rings. The fourth-order valence-electron chi connectivity index (χ4n) is 4.86. The monoisotopic (exact) mass is 511 g/mol. The Labute approximate surface area is 222 Å². The molecule has 3 heterocycles. The van der Waals surface area contributed by atoms with Crippen molar-refractivity contribution in [2.75, 3.05) is 58.8 Å². The average molecular weight is 512 g/mol. The number of hydrogen-bond donors (Lipinski definition) is 1. The summed E-state index contributed by atoms with van der Waals surface area (Å²) >= 11 is 0. The molecule has 0 unspecified atom stereocenters. The second kappa shape index (κ2) is 10.7. The van der Waals surface area contributed by atoms with Crippen LogP contribution in [-0.4, -0.2) is 85.6 Å². The maximum atomic E-state index is 13.0. The summed E-state index contributed by atoms with van der Waals surface area (Å²) in [7, 11) is 5.60. The lowest BCUT2D eigenvalue weighted by molar-refractivity contribution is 0.0526. The average Bonchev–Trinajstić information content (AvgIpc) is 3.36. The van der Waals surface area contributed by atoms with Crippen LogP contribution in [0.4, 0.5) is 5.69 Å². The number of nitrogens with zero attached hydrogens (tertiary/aromatic N) is 4. The van der Waals surface area contributed by atoms with Gasteiger partial charge in [-0.25, -0.2) is 9.78 Å². The summed E-state index contributed by atoms with van der Waals surface area (Å²) in [5, 5.41) is 0.968. The van der Waals surface area contributed by atoms with Gasteiger partial charge < -0.3 is 24.4 Å². The van der Waals surface area contributed by atoms with Crippen molar-refractivity contribution < 1.29 is 14.3 Å². The molecule has 196 valence electrons. The number of carbonyl (C=O) groups is 2. The largest absolute Gasteiger partial charge is 0.462 e. The second-order valence-electron chi connectivity index (χ2n) is 9.84. The third-order valence-electron chi connectivity index (χ3n) is 7.05. The van der Waals surface area contributed by atoms with Crippen LogP contribution in [0.5, 0.6) is 0 Å². The fraction of sp³-hybridized carbons (Fsp3) is 0.300. The summed E-state index contributed by atoms with van der Waals surface area (Å²) in [6, 6.07) is 15.7. The van der Waals surface area contributed by atoms with Crippen LogP contribution in [-0.2, 0) is 4.74 Å². The van der Waals surface area contributed by atoms with Gasteiger partial charge >= 0.3 is 5.97 Å². The molecule has 2 aromatic heterocycles. The predicted octanol–water partition coefficient (Wildman–Crippen LogP) is 4.53. The molecule has 5 rings (SSSR count). The molecule has 8 nitrogen and oxygen atoms in total. The van der Waals surface area contributed by atoms with E-state index in [1.54, 1.807) is 19.0 Å². The number of hydrogen-bond acceptors (Lipinski definition) is 6. The number of likely N-dealkylation sites (N-methyl/N-ethyl adjacent to an activating group) is 1. The Balaban J connectivity index is 1.51. The molecule has 0 spiro atoms. The number of benzene rings is 2. The van der Waals surface area contributed by atoms with Gasteiger partial charge in [-0.1, -0.05) is 18.2 Å². The molecule has 4 aromatic rings. The quantitative estimate of drug-likeness (QED) is 0.383. The van der Waals surface area contributed by atoms with Crippen molar-refractivity contribution in [1.82, 2.24) is 19.8 Å². The van der Waals surface area contributed by atoms with Gasteiger partial charge in [-0.15, -0.1) is 0 Å². The van der Waals surface area contributed by atoms with E-state index < -0.39 is 0 Å². The van der Waals surface area contributed by atoms with E-state index in [4.69, 9.17) is 4.74 Å². The Morgan fingerprint density at radius 1 is 0.974 bits per heavy atom. The molecule has 8 heteroatoms. The van der Waals surface area contributed by atoms with Crippen LogP contribution < -0.4 is 4.90 Å². The van der Waals surface area contributed by atoms with Gasteiger partial charge in [-0.05, 0) is 55.4 Å². The minimum absolute atomic E-state index is 0.0307. The highest BCUT2D eigenvalue weighted by Gasteiger charge is 2.22. The highest BCUT2D eigenvalue weighted by atomic mass is 16.5. The topological polar surface area (TPSA) is 81.8 Å². The van der Waals surface area contributed by atoms with E-state index in [9.17, 15) is 9.59 Å². The maximum absolute atomic E-state index is 13.0. The third kappa shape index (κ3) is 4.99. The molecule has 1 saturated heterocycles. The van der Waals surface area contributed by atoms with Crippen molar-refractivity contribution in [1.29, 1.82) is 0 Å². The number of esters is 1. The number of aromatic amines is 1. The Hall–Kier alpha value is -4.17. The summed E-state index contributed by atoms with van der Waals surface area (Å²) in [6.45, 7) is 5.77. The number of H-pyrrole nitrogens is 1. The first-order chi connectivity index (χ1) is 18.4. The van der Waals surface area contributed by atoms with Crippen LogP contribution >= 0.6 is 0 Å². The van der Waals surface area contributed by atoms with Crippen LogP contribution in [0.3, 0.4) is 0 Å². The summed E-state index contributed by atoms with van der Waals surface area (Å²) in [5.74, 6) is -0.344. The SMILES string of the molecule is CCOC(=O)c1cc(-c2cnc3[nH]cc(-c4ccc(C(=O)N(C)C)cc4)c3c2)ccc1N1CCN(C)CC1. The zero-order valence-electron chi connectivity index (χ0n) is 22.3. The van der Waals surface area contributed by atoms with E-state index >= 15 is 0 Å². The summed E-state index contributed by atoms with van der Waals surface area (Å²) < 4.78 is 5.42. The van der Waals surface area contributed by atoms with E-state index in [-0.39, 0.29) is 11.9 Å². The van der Waals surface area contributed by atoms with Crippen molar-refractivity contribution in [2.45, 2.75) is 6.92 Å². The zero-order chi connectivity index (χ0) is 26.8. The lowest BCUT2D eigenvalue weighted by atomic mass is 9.99. The zero-order valence-corrected chi connectivity index (χ0v) is 22.3. The van der Waals surface area contributed by atoms with Crippen molar-refractivity contribution in [3.8, 4) is 22.3 Å². The van der Waals surface area contributed by atoms with Gasteiger partial charge in [0, 0.05) is 74.7 Å². The van der Waals surface area contributed by atoms with Gasteiger partial charge in [-0.3, -0.25) is 4.79 Å². The number of rotatable bonds is 6. The molecule has 0 atom stereocenters. The summed E-state index contributed by atoms with van der Waals surface area (Å²) in [5.41, 5.74) is 6.70. The Kier molecular flexibility index (Phi) is 7.15. The van der Waals surface area contributed by atoms with Crippen LogP contribution in [0.15, 0.2) is 60.9 Å². The highest BCUT2D eigenvalue weighted by Crippen LogP contribution is 2.33. The third-order valence-corrected chi connectivity index (χ3v) is 7.05. The number of aromatic nitrogens is 2. The smallest absolute Gasteiger partial charge is 0.340 e. The molecule has 0 saturated carbocycles. The van der Waals surface area contributed by atoms with Gasteiger partial charge in [0.1, 0.15) is 5.65 Å². The van der Waals surface area contributed by atoms with Gasteiger partial charge in [0.2, 0.25) is 0 Å². The number of piperazine rings is 1. The van der Waals surface area contributed by atoms with E-state index in [0.29, 0.717) is 17.7 Å². The van der Waals surface area contributed by atoms with Gasteiger partial charge in [0.05, 0.1) is 17.9 Å². The van der Waals surface area contributed by atoms with E-state index in [0.717, 1.165) is 65.2 Å². The van der Waals surface area contributed by atoms with Crippen molar-refractivity contribution in [3.05, 3.63) is 72.1 Å². The number of pyridine rings is 1. The van der Waals surface area contributed by atoms with Crippen LogP contribution in [0.2, 0.25) is 0 Å². The van der Waals surface area contributed by atoms with Gasteiger partial charge in [0.15, 0.2) is 0 Å². The fourth-order valence-corrected chi connectivity index (χ4v) is 4.86. The maximum Gasteiger partial charge on any atom is 0.340 e. The number of carbonyl (C=O) groups excluding carboxylic acids is 2. The summed E-state index contributed by atoms with van der Waals surface area (Å²) in [6.07, 6.45) is 3.76. The lowest BCUT2D eigenvalue weighted by Gasteiger charge is -2.35. The molecular weight excluding hydrogens is 478 g/mol. The number of amides is 1. The molecule has 1 aliphatic heterocycles. The molecule has 1 N–H and O–H groups in total. The molecule has 2 aromatic carbocycles. The normalized spacial score (nSPS) is 14.1.